The predicted octanol–water partition coefficient (Wildman–Crippen LogP) is 1.56. The van der Waals surface area contributed by atoms with Crippen LogP contribution in [-0.4, -0.2) is 28.5 Å². The third kappa shape index (κ3) is 4.13. The van der Waals surface area contributed by atoms with Crippen molar-refractivity contribution < 1.29 is 0 Å². The molecule has 5 heteroatoms. The number of aromatic nitrogens is 1. The van der Waals surface area contributed by atoms with E-state index >= 15 is 0 Å². The van der Waals surface area contributed by atoms with E-state index in [-0.39, 0.29) is 0 Å². The zero-order valence-corrected chi connectivity index (χ0v) is 10.1. The second-order valence-electron chi connectivity index (χ2n) is 3.31. The summed E-state index contributed by atoms with van der Waals surface area (Å²) in [6.45, 7) is 3.78. The third-order valence-corrected chi connectivity index (χ3v) is 2.86. The van der Waals surface area contributed by atoms with E-state index in [4.69, 9.17) is 18.0 Å². The van der Waals surface area contributed by atoms with Crippen molar-refractivity contribution in [3.63, 3.8) is 0 Å². The highest BCUT2D eigenvalue weighted by Crippen LogP contribution is 2.09. The Labute approximate surface area is 93.9 Å². The van der Waals surface area contributed by atoms with E-state index in [2.05, 4.69) is 15.3 Å². The summed E-state index contributed by atoms with van der Waals surface area (Å²) in [5.41, 5.74) is 6.55. The van der Waals surface area contributed by atoms with Gasteiger partial charge in [-0.1, -0.05) is 12.2 Å². The van der Waals surface area contributed by atoms with Crippen molar-refractivity contribution in [1.29, 1.82) is 0 Å². The van der Waals surface area contributed by atoms with Gasteiger partial charge in [0.05, 0.1) is 15.7 Å². The molecule has 14 heavy (non-hydrogen) atoms. The minimum Gasteiger partial charge on any atom is -0.393 e. The van der Waals surface area contributed by atoms with Gasteiger partial charge in [0.1, 0.15) is 0 Å². The van der Waals surface area contributed by atoms with Crippen molar-refractivity contribution in [2.75, 3.05) is 13.6 Å². The lowest BCUT2D eigenvalue weighted by Crippen LogP contribution is -2.23. The monoisotopic (exact) mass is 229 g/mol. The summed E-state index contributed by atoms with van der Waals surface area (Å²) in [4.78, 5) is 7.14. The quantitative estimate of drug-likeness (QED) is 0.778. The summed E-state index contributed by atoms with van der Waals surface area (Å²) < 4.78 is 0. The van der Waals surface area contributed by atoms with E-state index in [1.807, 2.05) is 14.0 Å². The number of thiazole rings is 1. The first-order valence-corrected chi connectivity index (χ1v) is 5.74. The number of nitrogens with two attached hydrogens (primary N) is 1. The molecule has 1 aromatic heterocycles. The van der Waals surface area contributed by atoms with Crippen LogP contribution in [0, 0.1) is 6.92 Å². The zero-order chi connectivity index (χ0) is 10.6. The first kappa shape index (κ1) is 11.6. The summed E-state index contributed by atoms with van der Waals surface area (Å²) >= 11 is 6.50. The van der Waals surface area contributed by atoms with Crippen molar-refractivity contribution in [1.82, 2.24) is 9.88 Å². The van der Waals surface area contributed by atoms with Gasteiger partial charge in [-0.3, -0.25) is 0 Å². The molecule has 78 valence electrons. The van der Waals surface area contributed by atoms with E-state index in [0.717, 1.165) is 30.2 Å². The number of hydrogen-bond acceptors (Lipinski definition) is 4. The van der Waals surface area contributed by atoms with Crippen LogP contribution in [0.2, 0.25) is 0 Å². The lowest BCUT2D eigenvalue weighted by molar-refractivity contribution is 0.333. The first-order chi connectivity index (χ1) is 6.58. The van der Waals surface area contributed by atoms with Crippen LogP contribution in [0.5, 0.6) is 0 Å². The predicted molar refractivity (Wildman–Crippen MR) is 64.6 cm³/mol. The molecule has 2 N–H and O–H groups in total. The van der Waals surface area contributed by atoms with Gasteiger partial charge in [0.15, 0.2) is 0 Å². The van der Waals surface area contributed by atoms with E-state index in [9.17, 15) is 0 Å². The smallest absolute Gasteiger partial charge is 0.0897 e. The van der Waals surface area contributed by atoms with Gasteiger partial charge >= 0.3 is 0 Å². The fourth-order valence-corrected chi connectivity index (χ4v) is 1.83. The minimum atomic E-state index is 0.575. The molecule has 0 fully saturated rings. The fourth-order valence-electron chi connectivity index (χ4n) is 1.14. The average molecular weight is 229 g/mol. The number of rotatable bonds is 5. The van der Waals surface area contributed by atoms with Crippen LogP contribution >= 0.6 is 23.6 Å². The first-order valence-electron chi connectivity index (χ1n) is 4.46. The number of aryl methyl sites for hydroxylation is 1. The van der Waals surface area contributed by atoms with Gasteiger partial charge < -0.3 is 10.6 Å². The van der Waals surface area contributed by atoms with Gasteiger partial charge in [-0.15, -0.1) is 11.3 Å². The molecule has 3 nitrogen and oxygen atoms in total. The Balaban J connectivity index is 2.33. The molecular formula is C9H15N3S2. The number of thiocarbonyl (C=S) groups is 1. The van der Waals surface area contributed by atoms with E-state index in [1.165, 1.54) is 0 Å². The minimum absolute atomic E-state index is 0.575. The van der Waals surface area contributed by atoms with Gasteiger partial charge in [-0.25, -0.2) is 4.98 Å². The number of hydrogen-bond donors (Lipinski definition) is 1. The van der Waals surface area contributed by atoms with Crippen molar-refractivity contribution >= 4 is 28.5 Å². The van der Waals surface area contributed by atoms with Crippen LogP contribution in [-0.2, 0) is 6.54 Å². The molecule has 0 aromatic carbocycles. The van der Waals surface area contributed by atoms with Crippen LogP contribution in [0.3, 0.4) is 0 Å². The van der Waals surface area contributed by atoms with Crippen LogP contribution < -0.4 is 5.73 Å². The highest BCUT2D eigenvalue weighted by molar-refractivity contribution is 7.80. The van der Waals surface area contributed by atoms with Crippen LogP contribution in [0.25, 0.3) is 0 Å². The Morgan fingerprint density at radius 3 is 2.93 bits per heavy atom. The van der Waals surface area contributed by atoms with E-state index in [0.29, 0.717) is 4.99 Å². The second kappa shape index (κ2) is 5.38. The summed E-state index contributed by atoms with van der Waals surface area (Å²) in [5, 5.41) is 3.20. The van der Waals surface area contributed by atoms with Gasteiger partial charge in [0, 0.05) is 24.9 Å². The van der Waals surface area contributed by atoms with Crippen LogP contribution in [0.1, 0.15) is 17.1 Å². The van der Waals surface area contributed by atoms with Gasteiger partial charge in [0.25, 0.3) is 0 Å². The summed E-state index contributed by atoms with van der Waals surface area (Å²) in [6, 6.07) is 0. The van der Waals surface area contributed by atoms with Gasteiger partial charge in [0.2, 0.25) is 0 Å². The molecule has 0 saturated carbocycles. The van der Waals surface area contributed by atoms with Crippen LogP contribution in [0.15, 0.2) is 5.38 Å². The average Bonchev–Trinajstić information content (AvgIpc) is 2.48. The van der Waals surface area contributed by atoms with Crippen molar-refractivity contribution in [2.24, 2.45) is 5.73 Å². The molecule has 0 spiro atoms. The maximum atomic E-state index is 5.43. The molecule has 1 aromatic rings. The molecule has 0 unspecified atom stereocenters. The summed E-state index contributed by atoms with van der Waals surface area (Å²) in [6.07, 6.45) is 0.773. The van der Waals surface area contributed by atoms with Crippen LogP contribution in [0.4, 0.5) is 0 Å². The molecule has 0 amide bonds. The van der Waals surface area contributed by atoms with Gasteiger partial charge in [-0.05, 0) is 14.0 Å². The SMILES string of the molecule is Cc1nc(CN(C)CCC(N)=S)cs1. The summed E-state index contributed by atoms with van der Waals surface area (Å²) in [7, 11) is 2.05. The molecule has 1 rings (SSSR count). The largest absolute Gasteiger partial charge is 0.393 e. The fraction of sp³-hybridized carbons (Fsp3) is 0.556. The normalized spacial score (nSPS) is 10.8. The van der Waals surface area contributed by atoms with E-state index in [1.54, 1.807) is 11.3 Å². The molecule has 1 heterocycles. The Kier molecular flexibility index (Phi) is 4.44. The van der Waals surface area contributed by atoms with E-state index < -0.39 is 0 Å². The Morgan fingerprint density at radius 1 is 1.71 bits per heavy atom. The number of nitrogens with zero attached hydrogens (tertiary/aromatic N) is 2. The highest BCUT2D eigenvalue weighted by atomic mass is 32.1. The van der Waals surface area contributed by atoms with Crippen molar-refractivity contribution in [3.8, 4) is 0 Å². The third-order valence-electron chi connectivity index (χ3n) is 1.84. The molecular weight excluding hydrogens is 214 g/mol. The Bertz CT molecular complexity index is 309. The molecule has 0 saturated heterocycles. The molecule has 0 aliphatic heterocycles. The molecule has 0 atom stereocenters. The topological polar surface area (TPSA) is 42.2 Å². The standard InChI is InChI=1S/C9H15N3S2/c1-7-11-8(6-14-7)5-12(2)4-3-9(10)13/h6H,3-5H2,1-2H3,(H2,10,13). The van der Waals surface area contributed by atoms with Gasteiger partial charge in [-0.2, -0.15) is 0 Å². The highest BCUT2D eigenvalue weighted by Gasteiger charge is 2.03. The second-order valence-corrected chi connectivity index (χ2v) is 4.90. The molecule has 0 bridgehead atoms. The molecule has 0 aliphatic carbocycles. The maximum Gasteiger partial charge on any atom is 0.0897 e. The molecule has 0 aliphatic rings. The Hall–Kier alpha value is -0.520. The molecule has 0 radical (unpaired) electrons. The lowest BCUT2D eigenvalue weighted by Gasteiger charge is -2.14. The van der Waals surface area contributed by atoms with Crippen molar-refractivity contribution in [2.45, 2.75) is 19.9 Å². The summed E-state index contributed by atoms with van der Waals surface area (Å²) in [5.74, 6) is 0. The lowest BCUT2D eigenvalue weighted by atomic mass is 10.3. The Morgan fingerprint density at radius 2 is 2.43 bits per heavy atom. The van der Waals surface area contributed by atoms with Crippen molar-refractivity contribution in [3.05, 3.63) is 16.1 Å². The zero-order valence-electron chi connectivity index (χ0n) is 8.49. The maximum absolute atomic E-state index is 5.43.